The lowest BCUT2D eigenvalue weighted by molar-refractivity contribution is 0.383. The molecule has 3 heterocycles. The number of aryl methyl sites for hydroxylation is 1. The zero-order valence-electron chi connectivity index (χ0n) is 15.8. The molecular formula is C20H23N5O2S. The molecule has 7 nitrogen and oxygen atoms in total. The molecule has 0 bridgehead atoms. The molecule has 8 heteroatoms. The first-order valence-electron chi connectivity index (χ1n) is 9.61. The topological polar surface area (TPSA) is 105 Å². The van der Waals surface area contributed by atoms with Crippen LogP contribution < -0.4 is 10.6 Å². The Morgan fingerprint density at radius 3 is 2.39 bits per heavy atom. The van der Waals surface area contributed by atoms with Crippen LogP contribution in [0.15, 0.2) is 40.1 Å². The number of aromatic nitrogens is 3. The molecule has 1 saturated heterocycles. The minimum Gasteiger partial charge on any atom is -0.384 e. The summed E-state index contributed by atoms with van der Waals surface area (Å²) in [7, 11) is -3.79. The number of H-pyrrole nitrogens is 1. The standard InChI is InChI=1S/C20H23N5O2S/c1-13-22-15-16(19(23-13)25-11-9-20(7-8-20)10-12-25)24-18(21)17(15)28(26,27)14-5-3-2-4-6-14/h2-6,24H,7-12,21H2,1H3. The highest BCUT2D eigenvalue weighted by atomic mass is 32.2. The summed E-state index contributed by atoms with van der Waals surface area (Å²) in [4.78, 5) is 14.6. The fourth-order valence-electron chi connectivity index (χ4n) is 4.24. The van der Waals surface area contributed by atoms with Crippen molar-refractivity contribution in [2.75, 3.05) is 23.7 Å². The second-order valence-electron chi connectivity index (χ2n) is 7.99. The van der Waals surface area contributed by atoms with E-state index in [1.165, 1.54) is 12.8 Å². The second-order valence-corrected chi connectivity index (χ2v) is 9.88. The molecule has 28 heavy (non-hydrogen) atoms. The molecule has 1 aliphatic heterocycles. The SMILES string of the molecule is Cc1nc(N2CCC3(CC2)CC3)c2[nH]c(N)c(S(=O)(=O)c3ccccc3)c2n1. The Kier molecular flexibility index (Phi) is 3.71. The number of piperidine rings is 1. The maximum Gasteiger partial charge on any atom is 0.212 e. The van der Waals surface area contributed by atoms with Crippen LogP contribution in [0.3, 0.4) is 0 Å². The maximum absolute atomic E-state index is 13.2. The summed E-state index contributed by atoms with van der Waals surface area (Å²) in [5, 5.41) is 0. The average Bonchev–Trinajstić information content (AvgIpc) is 3.34. The zero-order valence-corrected chi connectivity index (χ0v) is 16.6. The van der Waals surface area contributed by atoms with E-state index >= 15 is 0 Å². The van der Waals surface area contributed by atoms with E-state index < -0.39 is 9.84 Å². The number of nitrogens with two attached hydrogens (primary N) is 1. The quantitative estimate of drug-likeness (QED) is 0.704. The summed E-state index contributed by atoms with van der Waals surface area (Å²) in [5.41, 5.74) is 7.68. The van der Waals surface area contributed by atoms with Crippen molar-refractivity contribution in [3.05, 3.63) is 36.2 Å². The van der Waals surface area contributed by atoms with Gasteiger partial charge in [-0.2, -0.15) is 0 Å². The number of benzene rings is 1. The summed E-state index contributed by atoms with van der Waals surface area (Å²) in [6.07, 6.45) is 4.97. The first-order valence-corrected chi connectivity index (χ1v) is 11.1. The normalized spacial score (nSPS) is 18.7. The monoisotopic (exact) mass is 397 g/mol. The first-order chi connectivity index (χ1) is 13.4. The average molecular weight is 398 g/mol. The molecule has 3 aromatic rings. The van der Waals surface area contributed by atoms with Gasteiger partial charge in [0.05, 0.1) is 4.90 Å². The van der Waals surface area contributed by atoms with Gasteiger partial charge in [0.2, 0.25) is 9.84 Å². The summed E-state index contributed by atoms with van der Waals surface area (Å²) >= 11 is 0. The first kappa shape index (κ1) is 17.5. The Morgan fingerprint density at radius 2 is 1.75 bits per heavy atom. The molecule has 3 N–H and O–H groups in total. The third kappa shape index (κ3) is 2.66. The Labute approximate surface area is 163 Å². The van der Waals surface area contributed by atoms with Crippen LogP contribution >= 0.6 is 0 Å². The fraction of sp³-hybridized carbons (Fsp3) is 0.400. The molecule has 146 valence electrons. The minimum absolute atomic E-state index is 0.0381. The van der Waals surface area contributed by atoms with Gasteiger partial charge in [-0.1, -0.05) is 18.2 Å². The Balaban J connectivity index is 1.65. The van der Waals surface area contributed by atoms with E-state index in [2.05, 4.69) is 19.9 Å². The van der Waals surface area contributed by atoms with Gasteiger partial charge in [-0.3, -0.25) is 0 Å². The Hall–Kier alpha value is -2.61. The van der Waals surface area contributed by atoms with Crippen LogP contribution in [0.2, 0.25) is 0 Å². The van der Waals surface area contributed by atoms with E-state index in [-0.39, 0.29) is 15.6 Å². The van der Waals surface area contributed by atoms with Crippen molar-refractivity contribution in [1.82, 2.24) is 15.0 Å². The molecule has 2 aromatic heterocycles. The van der Waals surface area contributed by atoms with Crippen molar-refractivity contribution in [1.29, 1.82) is 0 Å². The highest BCUT2D eigenvalue weighted by molar-refractivity contribution is 7.92. The van der Waals surface area contributed by atoms with Crippen molar-refractivity contribution in [2.45, 2.75) is 42.4 Å². The van der Waals surface area contributed by atoms with Gasteiger partial charge in [0, 0.05) is 13.1 Å². The maximum atomic E-state index is 13.2. The number of anilines is 2. The highest BCUT2D eigenvalue weighted by Gasteiger charge is 2.45. The van der Waals surface area contributed by atoms with Crippen LogP contribution in [0.5, 0.6) is 0 Å². The van der Waals surface area contributed by atoms with Gasteiger partial charge in [0.15, 0.2) is 5.82 Å². The van der Waals surface area contributed by atoms with Crippen molar-refractivity contribution in [2.24, 2.45) is 5.41 Å². The van der Waals surface area contributed by atoms with Crippen LogP contribution in [0.1, 0.15) is 31.5 Å². The number of hydrogen-bond acceptors (Lipinski definition) is 6. The predicted octanol–water partition coefficient (Wildman–Crippen LogP) is 3.06. The van der Waals surface area contributed by atoms with Gasteiger partial charge < -0.3 is 15.6 Å². The molecule has 1 aromatic carbocycles. The molecule has 1 aliphatic carbocycles. The number of sulfone groups is 1. The van der Waals surface area contributed by atoms with E-state index in [1.54, 1.807) is 37.3 Å². The smallest absolute Gasteiger partial charge is 0.212 e. The zero-order chi connectivity index (χ0) is 19.5. The molecule has 0 amide bonds. The minimum atomic E-state index is -3.79. The van der Waals surface area contributed by atoms with Crippen LogP contribution in [-0.4, -0.2) is 36.5 Å². The van der Waals surface area contributed by atoms with Crippen LogP contribution in [-0.2, 0) is 9.84 Å². The van der Waals surface area contributed by atoms with E-state index in [1.807, 2.05) is 0 Å². The summed E-state index contributed by atoms with van der Waals surface area (Å²) in [6.45, 7) is 3.63. The molecular weight excluding hydrogens is 374 g/mol. The number of fused-ring (bicyclic) bond motifs is 1. The van der Waals surface area contributed by atoms with E-state index in [9.17, 15) is 8.42 Å². The van der Waals surface area contributed by atoms with Gasteiger partial charge in [0.1, 0.15) is 27.6 Å². The molecule has 5 rings (SSSR count). The highest BCUT2D eigenvalue weighted by Crippen LogP contribution is 2.54. The largest absolute Gasteiger partial charge is 0.384 e. The van der Waals surface area contributed by atoms with Crippen molar-refractivity contribution >= 4 is 32.5 Å². The molecule has 2 fully saturated rings. The number of nitrogens with zero attached hydrogens (tertiary/aromatic N) is 3. The Morgan fingerprint density at radius 1 is 1.07 bits per heavy atom. The number of aromatic amines is 1. The van der Waals surface area contributed by atoms with E-state index in [4.69, 9.17) is 5.73 Å². The summed E-state index contributed by atoms with van der Waals surface area (Å²) < 4.78 is 26.5. The van der Waals surface area contributed by atoms with Crippen LogP contribution in [0.25, 0.3) is 11.0 Å². The van der Waals surface area contributed by atoms with Crippen molar-refractivity contribution in [3.8, 4) is 0 Å². The van der Waals surface area contributed by atoms with Gasteiger partial charge in [-0.15, -0.1) is 0 Å². The number of rotatable bonds is 3. The van der Waals surface area contributed by atoms with Gasteiger partial charge >= 0.3 is 0 Å². The van der Waals surface area contributed by atoms with Crippen molar-refractivity contribution < 1.29 is 8.42 Å². The molecule has 0 radical (unpaired) electrons. The molecule has 1 spiro atoms. The third-order valence-corrected chi connectivity index (χ3v) is 7.97. The summed E-state index contributed by atoms with van der Waals surface area (Å²) in [5.74, 6) is 1.40. The second kappa shape index (κ2) is 5.94. The lowest BCUT2D eigenvalue weighted by atomic mass is 9.94. The van der Waals surface area contributed by atoms with Crippen molar-refractivity contribution in [3.63, 3.8) is 0 Å². The predicted molar refractivity (Wildman–Crippen MR) is 108 cm³/mol. The summed E-state index contributed by atoms with van der Waals surface area (Å²) in [6, 6.07) is 8.33. The lowest BCUT2D eigenvalue weighted by Crippen LogP contribution is -2.35. The van der Waals surface area contributed by atoms with E-state index in [0.717, 1.165) is 31.7 Å². The number of nitrogen functional groups attached to an aromatic ring is 1. The molecule has 2 aliphatic rings. The lowest BCUT2D eigenvalue weighted by Gasteiger charge is -2.33. The number of nitrogens with one attached hydrogen (secondary N) is 1. The van der Waals surface area contributed by atoms with Crippen LogP contribution in [0.4, 0.5) is 11.6 Å². The Bertz CT molecular complexity index is 1160. The fourth-order valence-corrected chi connectivity index (χ4v) is 5.74. The molecule has 0 unspecified atom stereocenters. The molecule has 1 saturated carbocycles. The van der Waals surface area contributed by atoms with Gasteiger partial charge in [-0.05, 0) is 50.2 Å². The molecule has 0 atom stereocenters. The number of hydrogen-bond donors (Lipinski definition) is 2. The van der Waals surface area contributed by atoms with E-state index in [0.29, 0.717) is 22.3 Å². The third-order valence-electron chi connectivity index (χ3n) is 6.12. The van der Waals surface area contributed by atoms with Gasteiger partial charge in [0.25, 0.3) is 0 Å². The van der Waals surface area contributed by atoms with Crippen LogP contribution in [0, 0.1) is 12.3 Å². The van der Waals surface area contributed by atoms with Gasteiger partial charge in [-0.25, -0.2) is 18.4 Å².